The van der Waals surface area contributed by atoms with Crippen LogP contribution < -0.4 is 5.32 Å². The predicted molar refractivity (Wildman–Crippen MR) is 62.9 cm³/mol. The van der Waals surface area contributed by atoms with E-state index >= 15 is 0 Å². The van der Waals surface area contributed by atoms with E-state index in [0.717, 1.165) is 16.8 Å². The van der Waals surface area contributed by atoms with Gasteiger partial charge in [0.15, 0.2) is 0 Å². The van der Waals surface area contributed by atoms with Crippen molar-refractivity contribution in [3.05, 3.63) is 29.3 Å². The van der Waals surface area contributed by atoms with Crippen LogP contribution in [0.1, 0.15) is 17.5 Å². The van der Waals surface area contributed by atoms with Crippen molar-refractivity contribution in [1.82, 2.24) is 4.90 Å². The summed E-state index contributed by atoms with van der Waals surface area (Å²) in [4.78, 5) is 23.1. The number of aryl methyl sites for hydroxylation is 1. The zero-order chi connectivity index (χ0) is 12.4. The molecule has 0 saturated carbocycles. The van der Waals surface area contributed by atoms with Gasteiger partial charge in [-0.25, -0.2) is 4.79 Å². The number of carbonyl (C=O) groups is 2. The fourth-order valence-electron chi connectivity index (χ4n) is 1.88. The highest BCUT2D eigenvalue weighted by molar-refractivity contribution is 5.93. The summed E-state index contributed by atoms with van der Waals surface area (Å²) in [6.45, 7) is 0.358. The lowest BCUT2D eigenvalue weighted by Crippen LogP contribution is -2.24. The maximum absolute atomic E-state index is 11.2. The van der Waals surface area contributed by atoms with E-state index in [4.69, 9.17) is 5.11 Å². The van der Waals surface area contributed by atoms with Gasteiger partial charge >= 0.3 is 6.09 Å². The van der Waals surface area contributed by atoms with Crippen LogP contribution in [0.5, 0.6) is 0 Å². The summed E-state index contributed by atoms with van der Waals surface area (Å²) in [7, 11) is 1.53. The molecule has 0 radical (unpaired) electrons. The minimum atomic E-state index is -0.948. The molecule has 0 aromatic heterocycles. The van der Waals surface area contributed by atoms with Crippen LogP contribution in [-0.2, 0) is 17.8 Å². The fraction of sp³-hybridized carbons (Fsp3) is 0.333. The lowest BCUT2D eigenvalue weighted by atomic mass is 10.0. The van der Waals surface area contributed by atoms with Crippen LogP contribution >= 0.6 is 0 Å². The number of benzene rings is 1. The highest BCUT2D eigenvalue weighted by atomic mass is 16.4. The summed E-state index contributed by atoms with van der Waals surface area (Å²) in [6, 6.07) is 5.62. The van der Waals surface area contributed by atoms with E-state index in [2.05, 4.69) is 5.32 Å². The van der Waals surface area contributed by atoms with Crippen LogP contribution in [0.25, 0.3) is 0 Å². The first-order valence-electron chi connectivity index (χ1n) is 5.42. The van der Waals surface area contributed by atoms with E-state index in [1.807, 2.05) is 18.2 Å². The van der Waals surface area contributed by atoms with Crippen molar-refractivity contribution in [1.29, 1.82) is 0 Å². The standard InChI is InChI=1S/C12H14N2O3/c1-14(12(16)17)7-8-2-4-10-9(6-8)3-5-11(15)13-10/h2,4,6H,3,5,7H2,1H3,(H,13,15)(H,16,17). The highest BCUT2D eigenvalue weighted by Crippen LogP contribution is 2.23. The number of hydrogen-bond donors (Lipinski definition) is 2. The quantitative estimate of drug-likeness (QED) is 0.818. The van der Waals surface area contributed by atoms with Crippen LogP contribution in [0.2, 0.25) is 0 Å². The molecule has 1 aromatic rings. The lowest BCUT2D eigenvalue weighted by molar-refractivity contribution is -0.116. The first-order valence-corrected chi connectivity index (χ1v) is 5.42. The summed E-state index contributed by atoms with van der Waals surface area (Å²) in [5, 5.41) is 11.6. The minimum absolute atomic E-state index is 0.0351. The Morgan fingerprint density at radius 2 is 2.24 bits per heavy atom. The first kappa shape index (κ1) is 11.4. The van der Waals surface area contributed by atoms with Crippen molar-refractivity contribution in [2.24, 2.45) is 0 Å². The topological polar surface area (TPSA) is 69.6 Å². The normalized spacial score (nSPS) is 13.8. The van der Waals surface area contributed by atoms with Crippen LogP contribution in [0.4, 0.5) is 10.5 Å². The second kappa shape index (κ2) is 4.45. The molecular weight excluding hydrogens is 220 g/mol. The number of carboxylic acid groups (broad SMARTS) is 1. The average molecular weight is 234 g/mol. The molecule has 0 fully saturated rings. The van der Waals surface area contributed by atoms with Gasteiger partial charge in [-0.1, -0.05) is 12.1 Å². The molecule has 1 aromatic carbocycles. The van der Waals surface area contributed by atoms with Crippen molar-refractivity contribution < 1.29 is 14.7 Å². The first-order chi connectivity index (χ1) is 8.06. The third kappa shape index (κ3) is 2.55. The molecule has 0 atom stereocenters. The zero-order valence-electron chi connectivity index (χ0n) is 9.56. The number of nitrogens with zero attached hydrogens (tertiary/aromatic N) is 1. The van der Waals surface area contributed by atoms with Crippen molar-refractivity contribution in [3.63, 3.8) is 0 Å². The Bertz CT molecular complexity index is 471. The summed E-state index contributed by atoms with van der Waals surface area (Å²) in [5.74, 6) is 0.0351. The third-order valence-corrected chi connectivity index (χ3v) is 2.81. The molecule has 1 aliphatic heterocycles. The van der Waals surface area contributed by atoms with Gasteiger partial charge in [0.1, 0.15) is 0 Å². The Kier molecular flexibility index (Phi) is 2.99. The van der Waals surface area contributed by atoms with E-state index in [-0.39, 0.29) is 5.91 Å². The molecule has 1 aliphatic rings. The Morgan fingerprint density at radius 1 is 1.47 bits per heavy atom. The van der Waals surface area contributed by atoms with Gasteiger partial charge < -0.3 is 15.3 Å². The Hall–Kier alpha value is -2.04. The molecule has 0 bridgehead atoms. The van der Waals surface area contributed by atoms with Crippen LogP contribution in [0, 0.1) is 0 Å². The number of amides is 2. The van der Waals surface area contributed by atoms with E-state index in [1.54, 1.807) is 0 Å². The Balaban J connectivity index is 2.16. The SMILES string of the molecule is CN(Cc1ccc2c(c1)CCC(=O)N2)C(=O)O. The number of fused-ring (bicyclic) bond motifs is 1. The van der Waals surface area contributed by atoms with Gasteiger partial charge in [-0.2, -0.15) is 0 Å². The smallest absolute Gasteiger partial charge is 0.407 e. The maximum Gasteiger partial charge on any atom is 0.407 e. The molecule has 17 heavy (non-hydrogen) atoms. The van der Waals surface area contributed by atoms with E-state index < -0.39 is 6.09 Å². The summed E-state index contributed by atoms with van der Waals surface area (Å²) < 4.78 is 0. The second-order valence-electron chi connectivity index (χ2n) is 4.18. The van der Waals surface area contributed by atoms with E-state index in [9.17, 15) is 9.59 Å². The molecule has 2 rings (SSSR count). The number of nitrogens with one attached hydrogen (secondary N) is 1. The molecule has 0 spiro atoms. The molecule has 5 nitrogen and oxygen atoms in total. The summed E-state index contributed by atoms with van der Waals surface area (Å²) >= 11 is 0. The number of rotatable bonds is 2. The van der Waals surface area contributed by atoms with Gasteiger partial charge in [0.2, 0.25) is 5.91 Å². The predicted octanol–water partition coefficient (Wildman–Crippen LogP) is 1.68. The molecule has 2 N–H and O–H groups in total. The van der Waals surface area contributed by atoms with Crippen molar-refractivity contribution in [2.75, 3.05) is 12.4 Å². The lowest BCUT2D eigenvalue weighted by Gasteiger charge is -2.19. The van der Waals surface area contributed by atoms with Crippen LogP contribution in [0.15, 0.2) is 18.2 Å². The second-order valence-corrected chi connectivity index (χ2v) is 4.18. The van der Waals surface area contributed by atoms with Gasteiger partial charge in [-0.3, -0.25) is 4.79 Å². The largest absolute Gasteiger partial charge is 0.465 e. The molecule has 2 amide bonds. The number of anilines is 1. The average Bonchev–Trinajstić information content (AvgIpc) is 2.29. The molecule has 5 heteroatoms. The van der Waals surface area contributed by atoms with Gasteiger partial charge in [-0.05, 0) is 23.6 Å². The fourth-order valence-corrected chi connectivity index (χ4v) is 1.88. The zero-order valence-corrected chi connectivity index (χ0v) is 9.56. The third-order valence-electron chi connectivity index (χ3n) is 2.81. The number of hydrogen-bond acceptors (Lipinski definition) is 2. The van der Waals surface area contributed by atoms with Gasteiger partial charge in [0, 0.05) is 25.7 Å². The maximum atomic E-state index is 11.2. The summed E-state index contributed by atoms with van der Waals surface area (Å²) in [5.41, 5.74) is 2.84. The molecule has 0 aliphatic carbocycles. The molecule has 0 saturated heterocycles. The van der Waals surface area contributed by atoms with E-state index in [1.165, 1.54) is 11.9 Å². The number of carbonyl (C=O) groups excluding carboxylic acids is 1. The highest BCUT2D eigenvalue weighted by Gasteiger charge is 2.15. The molecular formula is C12H14N2O3. The molecule has 0 unspecified atom stereocenters. The monoisotopic (exact) mass is 234 g/mol. The molecule has 1 heterocycles. The minimum Gasteiger partial charge on any atom is -0.465 e. The Morgan fingerprint density at radius 3 is 2.94 bits per heavy atom. The molecule has 90 valence electrons. The van der Waals surface area contributed by atoms with Crippen LogP contribution in [0.3, 0.4) is 0 Å². The van der Waals surface area contributed by atoms with Gasteiger partial charge in [0.05, 0.1) is 0 Å². The van der Waals surface area contributed by atoms with E-state index in [0.29, 0.717) is 19.4 Å². The van der Waals surface area contributed by atoms with Gasteiger partial charge in [-0.15, -0.1) is 0 Å². The van der Waals surface area contributed by atoms with Crippen molar-refractivity contribution in [3.8, 4) is 0 Å². The van der Waals surface area contributed by atoms with Gasteiger partial charge in [0.25, 0.3) is 0 Å². The summed E-state index contributed by atoms with van der Waals surface area (Å²) in [6.07, 6.45) is 0.257. The van der Waals surface area contributed by atoms with Crippen molar-refractivity contribution >= 4 is 17.7 Å². The van der Waals surface area contributed by atoms with Crippen molar-refractivity contribution in [2.45, 2.75) is 19.4 Å². The Labute approximate surface area is 99.0 Å². The van der Waals surface area contributed by atoms with Crippen LogP contribution in [-0.4, -0.2) is 29.1 Å².